The average Bonchev–Trinajstić information content (AvgIpc) is 2.46. The van der Waals surface area contributed by atoms with Gasteiger partial charge in [-0.05, 0) is 52.6 Å². The molecule has 0 fully saturated rings. The zero-order valence-corrected chi connectivity index (χ0v) is 15.1. The summed E-state index contributed by atoms with van der Waals surface area (Å²) in [4.78, 5) is 6.73. The molecule has 2 N–H and O–H groups in total. The molecule has 0 radical (unpaired) electrons. The van der Waals surface area contributed by atoms with E-state index in [4.69, 9.17) is 0 Å². The topological polar surface area (TPSA) is 39.7 Å². The first-order chi connectivity index (χ1) is 9.49. The van der Waals surface area contributed by atoms with Gasteiger partial charge in [-0.1, -0.05) is 13.8 Å². The van der Waals surface area contributed by atoms with Crippen LogP contribution in [0.5, 0.6) is 0 Å². The lowest BCUT2D eigenvalue weighted by Gasteiger charge is -2.24. The molecule has 0 aromatic carbocycles. The van der Waals surface area contributed by atoms with Gasteiger partial charge in [-0.15, -0.1) is 0 Å². The van der Waals surface area contributed by atoms with Gasteiger partial charge < -0.3 is 15.5 Å². The van der Waals surface area contributed by atoms with Crippen LogP contribution in [-0.2, 0) is 0 Å². The molecule has 0 amide bonds. The van der Waals surface area contributed by atoms with E-state index in [0.29, 0.717) is 0 Å². The highest BCUT2D eigenvalue weighted by atomic mass is 32.2. The SMILES string of the molecule is CCN(CC)CCCCNC(=NC)NCC(C)(C)SC. The van der Waals surface area contributed by atoms with Gasteiger partial charge in [0, 0.05) is 24.9 Å². The molecule has 0 saturated carbocycles. The van der Waals surface area contributed by atoms with Crippen molar-refractivity contribution in [2.75, 3.05) is 46.0 Å². The minimum atomic E-state index is 0.236. The Kier molecular flexibility index (Phi) is 11.0. The molecule has 120 valence electrons. The fourth-order valence-corrected chi connectivity index (χ4v) is 2.01. The summed E-state index contributed by atoms with van der Waals surface area (Å²) in [5.74, 6) is 0.912. The summed E-state index contributed by atoms with van der Waals surface area (Å²) in [5.41, 5.74) is 0. The maximum Gasteiger partial charge on any atom is 0.191 e. The Morgan fingerprint density at radius 1 is 1.15 bits per heavy atom. The molecule has 0 spiro atoms. The quantitative estimate of drug-likeness (QED) is 0.369. The number of guanidine groups is 1. The van der Waals surface area contributed by atoms with E-state index in [0.717, 1.165) is 32.1 Å². The highest BCUT2D eigenvalue weighted by Crippen LogP contribution is 2.19. The molecule has 0 aliphatic rings. The van der Waals surface area contributed by atoms with Gasteiger partial charge in [-0.2, -0.15) is 11.8 Å². The Hall–Kier alpha value is -0.420. The first-order valence-electron chi connectivity index (χ1n) is 7.71. The van der Waals surface area contributed by atoms with Crippen molar-refractivity contribution in [3.05, 3.63) is 0 Å². The molecule has 0 aromatic rings. The molecular weight excluding hydrogens is 268 g/mol. The summed E-state index contributed by atoms with van der Waals surface area (Å²) in [6.45, 7) is 14.3. The molecule has 5 heteroatoms. The van der Waals surface area contributed by atoms with E-state index >= 15 is 0 Å². The van der Waals surface area contributed by atoms with Crippen molar-refractivity contribution in [3.8, 4) is 0 Å². The Morgan fingerprint density at radius 3 is 2.30 bits per heavy atom. The fraction of sp³-hybridized carbons (Fsp3) is 0.933. The second-order valence-electron chi connectivity index (χ2n) is 5.55. The van der Waals surface area contributed by atoms with Crippen molar-refractivity contribution < 1.29 is 0 Å². The minimum Gasteiger partial charge on any atom is -0.356 e. The van der Waals surface area contributed by atoms with Crippen LogP contribution >= 0.6 is 11.8 Å². The number of hydrogen-bond donors (Lipinski definition) is 2. The Bertz CT molecular complexity index is 263. The lowest BCUT2D eigenvalue weighted by atomic mass is 10.2. The molecule has 0 bridgehead atoms. The first-order valence-corrected chi connectivity index (χ1v) is 8.93. The Morgan fingerprint density at radius 2 is 1.80 bits per heavy atom. The van der Waals surface area contributed by atoms with Gasteiger partial charge in [0.25, 0.3) is 0 Å². The van der Waals surface area contributed by atoms with E-state index in [1.807, 2.05) is 18.8 Å². The van der Waals surface area contributed by atoms with Crippen LogP contribution in [0.15, 0.2) is 4.99 Å². The zero-order chi connectivity index (χ0) is 15.4. The lowest BCUT2D eigenvalue weighted by Crippen LogP contribution is -2.43. The van der Waals surface area contributed by atoms with Crippen molar-refractivity contribution in [1.29, 1.82) is 0 Å². The van der Waals surface area contributed by atoms with Crippen LogP contribution in [0.25, 0.3) is 0 Å². The molecule has 4 nitrogen and oxygen atoms in total. The summed E-state index contributed by atoms with van der Waals surface area (Å²) >= 11 is 1.87. The Labute approximate surface area is 130 Å². The molecule has 0 heterocycles. The highest BCUT2D eigenvalue weighted by molar-refractivity contribution is 7.99. The highest BCUT2D eigenvalue weighted by Gasteiger charge is 2.15. The van der Waals surface area contributed by atoms with E-state index < -0.39 is 0 Å². The molecule has 20 heavy (non-hydrogen) atoms. The third-order valence-electron chi connectivity index (χ3n) is 3.55. The van der Waals surface area contributed by atoms with Gasteiger partial charge >= 0.3 is 0 Å². The third-order valence-corrected chi connectivity index (χ3v) is 4.80. The van der Waals surface area contributed by atoms with E-state index in [1.54, 1.807) is 0 Å². The number of unbranched alkanes of at least 4 members (excludes halogenated alkanes) is 1. The van der Waals surface area contributed by atoms with Gasteiger partial charge in [-0.3, -0.25) is 4.99 Å². The number of rotatable bonds is 10. The third kappa shape index (κ3) is 9.48. The van der Waals surface area contributed by atoms with Crippen LogP contribution < -0.4 is 10.6 Å². The van der Waals surface area contributed by atoms with Gasteiger partial charge in [0.15, 0.2) is 5.96 Å². The van der Waals surface area contributed by atoms with E-state index in [2.05, 4.69) is 54.5 Å². The van der Waals surface area contributed by atoms with Crippen LogP contribution in [0.2, 0.25) is 0 Å². The van der Waals surface area contributed by atoms with Crippen molar-refractivity contribution in [2.24, 2.45) is 4.99 Å². The summed E-state index contributed by atoms with van der Waals surface area (Å²) in [6.07, 6.45) is 4.57. The molecule has 0 rings (SSSR count). The maximum absolute atomic E-state index is 4.27. The van der Waals surface area contributed by atoms with Crippen LogP contribution in [0.4, 0.5) is 0 Å². The van der Waals surface area contributed by atoms with Crippen LogP contribution in [0, 0.1) is 0 Å². The lowest BCUT2D eigenvalue weighted by molar-refractivity contribution is 0.297. The summed E-state index contributed by atoms with van der Waals surface area (Å²) in [7, 11) is 1.83. The van der Waals surface area contributed by atoms with E-state index in [1.165, 1.54) is 19.4 Å². The van der Waals surface area contributed by atoms with Gasteiger partial charge in [0.05, 0.1) is 0 Å². The second kappa shape index (κ2) is 11.3. The summed E-state index contributed by atoms with van der Waals surface area (Å²) in [6, 6.07) is 0. The Balaban J connectivity index is 3.76. The van der Waals surface area contributed by atoms with Gasteiger partial charge in [-0.25, -0.2) is 0 Å². The largest absolute Gasteiger partial charge is 0.356 e. The second-order valence-corrected chi connectivity index (χ2v) is 7.06. The normalized spacial score (nSPS) is 12.8. The predicted octanol–water partition coefficient (Wildman–Crippen LogP) is 2.42. The average molecular weight is 303 g/mol. The van der Waals surface area contributed by atoms with Crippen LogP contribution in [0.1, 0.15) is 40.5 Å². The smallest absolute Gasteiger partial charge is 0.191 e. The predicted molar refractivity (Wildman–Crippen MR) is 94.0 cm³/mol. The number of aliphatic imine (C=N–C) groups is 1. The number of hydrogen-bond acceptors (Lipinski definition) is 3. The molecule has 0 aromatic heterocycles. The molecule has 0 atom stereocenters. The molecule has 0 unspecified atom stereocenters. The summed E-state index contributed by atoms with van der Waals surface area (Å²) in [5, 5.41) is 6.78. The van der Waals surface area contributed by atoms with Crippen molar-refractivity contribution in [3.63, 3.8) is 0 Å². The monoisotopic (exact) mass is 302 g/mol. The number of nitrogens with one attached hydrogen (secondary N) is 2. The van der Waals surface area contributed by atoms with E-state index in [-0.39, 0.29) is 4.75 Å². The molecule has 0 aliphatic carbocycles. The first kappa shape index (κ1) is 19.6. The number of thioether (sulfide) groups is 1. The number of nitrogens with zero attached hydrogens (tertiary/aromatic N) is 2. The van der Waals surface area contributed by atoms with Gasteiger partial charge in [0.2, 0.25) is 0 Å². The maximum atomic E-state index is 4.27. The molecule has 0 saturated heterocycles. The van der Waals surface area contributed by atoms with Crippen molar-refractivity contribution in [1.82, 2.24) is 15.5 Å². The van der Waals surface area contributed by atoms with Crippen LogP contribution in [-0.4, -0.2) is 61.6 Å². The minimum absolute atomic E-state index is 0.236. The van der Waals surface area contributed by atoms with Crippen molar-refractivity contribution in [2.45, 2.75) is 45.3 Å². The van der Waals surface area contributed by atoms with Gasteiger partial charge in [0.1, 0.15) is 0 Å². The summed E-state index contributed by atoms with van der Waals surface area (Å²) < 4.78 is 0.236. The fourth-order valence-electron chi connectivity index (χ4n) is 1.80. The zero-order valence-electron chi connectivity index (χ0n) is 14.3. The van der Waals surface area contributed by atoms with Crippen LogP contribution in [0.3, 0.4) is 0 Å². The standard InChI is InChI=1S/C15H34N4S/c1-7-19(8-2)12-10-9-11-17-14(16-5)18-13-15(3,4)20-6/h7-13H2,1-6H3,(H2,16,17,18). The molecular formula is C15H34N4S. The van der Waals surface area contributed by atoms with E-state index in [9.17, 15) is 0 Å². The molecule has 0 aliphatic heterocycles. The van der Waals surface area contributed by atoms with Crippen molar-refractivity contribution >= 4 is 17.7 Å².